The van der Waals surface area contributed by atoms with Crippen molar-refractivity contribution in [2.24, 2.45) is 0 Å². The van der Waals surface area contributed by atoms with Gasteiger partial charge >= 0.3 is 0 Å². The summed E-state index contributed by atoms with van der Waals surface area (Å²) in [5.41, 5.74) is 0.384. The smallest absolute Gasteiger partial charge is 0.271 e. The molecule has 116 valence electrons. The highest BCUT2D eigenvalue weighted by molar-refractivity contribution is 5.92. The van der Waals surface area contributed by atoms with Crippen molar-refractivity contribution in [3.63, 3.8) is 0 Å². The first-order chi connectivity index (χ1) is 10.8. The van der Waals surface area contributed by atoms with Crippen LogP contribution in [0.1, 0.15) is 23.3 Å². The Labute approximate surface area is 129 Å². The summed E-state index contributed by atoms with van der Waals surface area (Å²) in [5.74, 6) is 0.580. The van der Waals surface area contributed by atoms with Crippen LogP contribution in [0, 0.1) is 0 Å². The number of carbonyl (C=O) groups is 1. The minimum Gasteiger partial charge on any atom is -0.471 e. The molecular formula is C16H19N3O3. The number of nitrogens with zero attached hydrogens (tertiary/aromatic N) is 2. The lowest BCUT2D eigenvalue weighted by atomic mass is 10.2. The summed E-state index contributed by atoms with van der Waals surface area (Å²) in [5, 5.41) is 7.06. The third-order valence-electron chi connectivity index (χ3n) is 3.49. The number of hydrogen-bond donors (Lipinski definition) is 1. The van der Waals surface area contributed by atoms with Gasteiger partial charge in [0.25, 0.3) is 5.91 Å². The molecule has 1 unspecified atom stereocenters. The molecule has 0 bridgehead atoms. The Hall–Kier alpha value is -2.34. The van der Waals surface area contributed by atoms with Crippen LogP contribution < -0.4 is 10.1 Å². The van der Waals surface area contributed by atoms with Gasteiger partial charge in [-0.3, -0.25) is 4.79 Å². The summed E-state index contributed by atoms with van der Waals surface area (Å²) >= 11 is 0. The molecule has 0 saturated carbocycles. The van der Waals surface area contributed by atoms with Gasteiger partial charge in [-0.1, -0.05) is 18.2 Å². The largest absolute Gasteiger partial charge is 0.471 e. The van der Waals surface area contributed by atoms with Gasteiger partial charge in [0.15, 0.2) is 6.73 Å². The molecule has 22 heavy (non-hydrogen) atoms. The summed E-state index contributed by atoms with van der Waals surface area (Å²) in [6.07, 6.45) is 3.92. The minimum atomic E-state index is -0.186. The van der Waals surface area contributed by atoms with Crippen LogP contribution in [-0.4, -0.2) is 34.9 Å². The number of para-hydroxylation sites is 1. The zero-order valence-corrected chi connectivity index (χ0v) is 12.3. The number of rotatable bonds is 6. The maximum Gasteiger partial charge on any atom is 0.271 e. The molecule has 1 amide bonds. The standard InChI is InChI=1S/C16H19N3O3/c20-16(17-11-14-7-4-10-21-14)15-8-9-19(18-15)12-22-13-5-2-1-3-6-13/h1-3,5-6,8-9,14H,4,7,10-12H2,(H,17,20). The number of carbonyl (C=O) groups excluding carboxylic acids is 1. The molecule has 0 spiro atoms. The molecule has 2 heterocycles. The summed E-state index contributed by atoms with van der Waals surface area (Å²) in [7, 11) is 0. The molecule has 0 radical (unpaired) electrons. The van der Waals surface area contributed by atoms with Crippen molar-refractivity contribution < 1.29 is 14.3 Å². The van der Waals surface area contributed by atoms with E-state index >= 15 is 0 Å². The van der Waals surface area contributed by atoms with Crippen molar-refractivity contribution in [2.75, 3.05) is 13.2 Å². The number of hydrogen-bond acceptors (Lipinski definition) is 4. The second-order valence-electron chi connectivity index (χ2n) is 5.17. The summed E-state index contributed by atoms with van der Waals surface area (Å²) in [4.78, 5) is 12.0. The fourth-order valence-electron chi connectivity index (χ4n) is 2.31. The minimum absolute atomic E-state index is 0.132. The third-order valence-corrected chi connectivity index (χ3v) is 3.49. The Kier molecular flexibility index (Phi) is 4.70. The lowest BCUT2D eigenvalue weighted by molar-refractivity contribution is 0.0852. The molecule has 1 aliphatic heterocycles. The highest BCUT2D eigenvalue weighted by Gasteiger charge is 2.17. The van der Waals surface area contributed by atoms with Crippen molar-refractivity contribution in [3.05, 3.63) is 48.3 Å². The summed E-state index contributed by atoms with van der Waals surface area (Å²) in [6, 6.07) is 11.2. The van der Waals surface area contributed by atoms with Crippen LogP contribution in [0.15, 0.2) is 42.6 Å². The Bertz CT molecular complexity index is 606. The first-order valence-electron chi connectivity index (χ1n) is 7.42. The molecule has 1 aromatic carbocycles. The Morgan fingerprint density at radius 2 is 2.23 bits per heavy atom. The fraction of sp³-hybridized carbons (Fsp3) is 0.375. The Morgan fingerprint density at radius 3 is 3.00 bits per heavy atom. The van der Waals surface area contributed by atoms with E-state index in [1.807, 2.05) is 30.3 Å². The number of benzene rings is 1. The van der Waals surface area contributed by atoms with E-state index in [0.717, 1.165) is 25.2 Å². The zero-order valence-electron chi connectivity index (χ0n) is 12.3. The van der Waals surface area contributed by atoms with E-state index in [2.05, 4.69) is 10.4 Å². The van der Waals surface area contributed by atoms with Crippen molar-refractivity contribution in [3.8, 4) is 5.75 Å². The first-order valence-corrected chi connectivity index (χ1v) is 7.42. The maximum atomic E-state index is 12.0. The molecular weight excluding hydrogens is 282 g/mol. The van der Waals surface area contributed by atoms with E-state index in [4.69, 9.17) is 9.47 Å². The van der Waals surface area contributed by atoms with Crippen LogP contribution >= 0.6 is 0 Å². The topological polar surface area (TPSA) is 65.4 Å². The van der Waals surface area contributed by atoms with Crippen LogP contribution in [0.4, 0.5) is 0 Å². The van der Waals surface area contributed by atoms with E-state index in [9.17, 15) is 4.79 Å². The lowest BCUT2D eigenvalue weighted by Crippen LogP contribution is -2.32. The van der Waals surface area contributed by atoms with Crippen molar-refractivity contribution in [2.45, 2.75) is 25.7 Å². The van der Waals surface area contributed by atoms with Crippen molar-refractivity contribution >= 4 is 5.91 Å². The lowest BCUT2D eigenvalue weighted by Gasteiger charge is -2.09. The van der Waals surface area contributed by atoms with Gasteiger partial charge in [0.2, 0.25) is 0 Å². The molecule has 3 rings (SSSR count). The van der Waals surface area contributed by atoms with E-state index < -0.39 is 0 Å². The van der Waals surface area contributed by atoms with Gasteiger partial charge < -0.3 is 14.8 Å². The summed E-state index contributed by atoms with van der Waals surface area (Å²) < 4.78 is 12.6. The SMILES string of the molecule is O=C(NCC1CCCO1)c1ccn(COc2ccccc2)n1. The molecule has 6 nitrogen and oxygen atoms in total. The molecule has 1 atom stereocenters. The van der Waals surface area contributed by atoms with E-state index in [0.29, 0.717) is 12.2 Å². The van der Waals surface area contributed by atoms with Crippen LogP contribution in [0.2, 0.25) is 0 Å². The van der Waals surface area contributed by atoms with E-state index in [1.54, 1.807) is 16.9 Å². The van der Waals surface area contributed by atoms with Crippen LogP contribution in [0.25, 0.3) is 0 Å². The average Bonchev–Trinajstić information content (AvgIpc) is 3.23. The Morgan fingerprint density at radius 1 is 1.36 bits per heavy atom. The third kappa shape index (κ3) is 3.85. The van der Waals surface area contributed by atoms with Gasteiger partial charge in [-0.25, -0.2) is 4.68 Å². The molecule has 2 aromatic rings. The monoisotopic (exact) mass is 301 g/mol. The molecule has 1 N–H and O–H groups in total. The van der Waals surface area contributed by atoms with E-state index in [1.165, 1.54) is 0 Å². The first kappa shape index (κ1) is 14.6. The normalized spacial score (nSPS) is 17.4. The quantitative estimate of drug-likeness (QED) is 0.884. The van der Waals surface area contributed by atoms with Gasteiger partial charge in [-0.15, -0.1) is 0 Å². The molecule has 0 aliphatic carbocycles. The molecule has 1 aliphatic rings. The second kappa shape index (κ2) is 7.09. The van der Waals surface area contributed by atoms with Crippen LogP contribution in [0.3, 0.4) is 0 Å². The van der Waals surface area contributed by atoms with Crippen LogP contribution in [0.5, 0.6) is 5.75 Å². The molecule has 1 saturated heterocycles. The highest BCUT2D eigenvalue weighted by atomic mass is 16.5. The van der Waals surface area contributed by atoms with E-state index in [-0.39, 0.29) is 18.7 Å². The zero-order chi connectivity index (χ0) is 15.2. The highest BCUT2D eigenvalue weighted by Crippen LogP contribution is 2.11. The van der Waals surface area contributed by atoms with Crippen molar-refractivity contribution in [1.29, 1.82) is 0 Å². The van der Waals surface area contributed by atoms with Gasteiger partial charge in [0.05, 0.1) is 6.10 Å². The number of amides is 1. The number of ether oxygens (including phenoxy) is 2. The van der Waals surface area contributed by atoms with Gasteiger partial charge in [-0.2, -0.15) is 5.10 Å². The molecule has 1 aromatic heterocycles. The maximum absolute atomic E-state index is 12.0. The predicted octanol–water partition coefficient (Wildman–Crippen LogP) is 1.83. The number of nitrogens with one attached hydrogen (secondary N) is 1. The average molecular weight is 301 g/mol. The van der Waals surface area contributed by atoms with Gasteiger partial charge in [-0.05, 0) is 31.0 Å². The second-order valence-corrected chi connectivity index (χ2v) is 5.17. The molecule has 6 heteroatoms. The van der Waals surface area contributed by atoms with Gasteiger partial charge in [0, 0.05) is 19.3 Å². The van der Waals surface area contributed by atoms with Crippen LogP contribution in [-0.2, 0) is 11.5 Å². The molecule has 1 fully saturated rings. The van der Waals surface area contributed by atoms with Gasteiger partial charge in [0.1, 0.15) is 11.4 Å². The predicted molar refractivity (Wildman–Crippen MR) is 80.6 cm³/mol. The van der Waals surface area contributed by atoms with Crippen molar-refractivity contribution in [1.82, 2.24) is 15.1 Å². The number of aromatic nitrogens is 2. The Balaban J connectivity index is 1.48. The fourth-order valence-corrected chi connectivity index (χ4v) is 2.31. The summed E-state index contributed by atoms with van der Waals surface area (Å²) in [6.45, 7) is 1.58.